The average molecular weight is 281 g/mol. The smallest absolute Gasteiger partial charge is 0.224 e. The molecular formula is C16H24FNO2. The number of carbonyl (C=O) groups is 1. The Kier molecular flexibility index (Phi) is 4.79. The average Bonchev–Trinajstić information content (AvgIpc) is 2.18. The van der Waals surface area contributed by atoms with Gasteiger partial charge in [0.15, 0.2) is 11.6 Å². The molecule has 0 atom stereocenters. The molecule has 0 aromatic heterocycles. The summed E-state index contributed by atoms with van der Waals surface area (Å²) in [5, 5.41) is 12.1. The van der Waals surface area contributed by atoms with Crippen LogP contribution < -0.4 is 5.32 Å². The first kappa shape index (κ1) is 16.5. The molecule has 4 heteroatoms. The molecule has 1 aromatic carbocycles. The summed E-state index contributed by atoms with van der Waals surface area (Å²) in [7, 11) is 0. The molecule has 0 aliphatic carbocycles. The van der Waals surface area contributed by atoms with Crippen molar-refractivity contribution in [2.75, 3.05) is 0 Å². The van der Waals surface area contributed by atoms with Gasteiger partial charge < -0.3 is 10.4 Å². The molecule has 1 amide bonds. The first-order chi connectivity index (χ1) is 8.98. The van der Waals surface area contributed by atoms with E-state index in [2.05, 4.69) is 26.1 Å². The van der Waals surface area contributed by atoms with E-state index in [9.17, 15) is 9.18 Å². The van der Waals surface area contributed by atoms with Crippen molar-refractivity contribution in [3.63, 3.8) is 0 Å². The summed E-state index contributed by atoms with van der Waals surface area (Å²) in [5.74, 6) is -1.25. The maximum atomic E-state index is 13.2. The highest BCUT2D eigenvalue weighted by Gasteiger charge is 2.26. The van der Waals surface area contributed by atoms with Crippen LogP contribution in [-0.4, -0.2) is 16.6 Å². The van der Waals surface area contributed by atoms with Gasteiger partial charge in [0.2, 0.25) is 5.91 Å². The zero-order chi connectivity index (χ0) is 15.6. The molecule has 2 N–H and O–H groups in total. The van der Waals surface area contributed by atoms with E-state index in [0.29, 0.717) is 5.56 Å². The van der Waals surface area contributed by atoms with Gasteiger partial charge in [0.25, 0.3) is 0 Å². The van der Waals surface area contributed by atoms with Crippen LogP contribution in [0.5, 0.6) is 5.75 Å². The van der Waals surface area contributed by atoms with Crippen molar-refractivity contribution in [2.24, 2.45) is 5.41 Å². The monoisotopic (exact) mass is 281 g/mol. The summed E-state index contributed by atoms with van der Waals surface area (Å²) in [6.07, 6.45) is 0.945. The number of phenolic OH excluding ortho intramolecular Hbond substituents is 1. The molecule has 0 saturated carbocycles. The standard InChI is InChI=1S/C16H24FNO2/c1-15(2,3)10-16(4,5)18-14(20)9-11-6-7-13(19)12(17)8-11/h6-8,19H,9-10H2,1-5H3,(H,18,20). The quantitative estimate of drug-likeness (QED) is 0.888. The number of benzene rings is 1. The Labute approximate surface area is 120 Å². The number of amides is 1. The molecule has 1 aromatic rings. The molecule has 0 unspecified atom stereocenters. The molecule has 0 bridgehead atoms. The van der Waals surface area contributed by atoms with Gasteiger partial charge in [0.05, 0.1) is 6.42 Å². The van der Waals surface area contributed by atoms with Crippen LogP contribution in [0.25, 0.3) is 0 Å². The van der Waals surface area contributed by atoms with Crippen LogP contribution in [0.3, 0.4) is 0 Å². The molecule has 0 aliphatic heterocycles. The van der Waals surface area contributed by atoms with E-state index in [-0.39, 0.29) is 23.3 Å². The normalized spacial score (nSPS) is 12.3. The Morgan fingerprint density at radius 2 is 1.85 bits per heavy atom. The van der Waals surface area contributed by atoms with Crippen LogP contribution in [0.15, 0.2) is 18.2 Å². The van der Waals surface area contributed by atoms with Gasteiger partial charge in [0, 0.05) is 5.54 Å². The zero-order valence-corrected chi connectivity index (χ0v) is 12.9. The van der Waals surface area contributed by atoms with E-state index in [1.807, 2.05) is 13.8 Å². The minimum Gasteiger partial charge on any atom is -0.505 e. The van der Waals surface area contributed by atoms with Crippen LogP contribution in [0.1, 0.15) is 46.6 Å². The van der Waals surface area contributed by atoms with Crippen molar-refractivity contribution >= 4 is 5.91 Å². The topological polar surface area (TPSA) is 49.3 Å². The van der Waals surface area contributed by atoms with Crippen LogP contribution in [0.4, 0.5) is 4.39 Å². The number of rotatable bonds is 4. The third-order valence-corrected chi connectivity index (χ3v) is 2.83. The Hall–Kier alpha value is -1.58. The summed E-state index contributed by atoms with van der Waals surface area (Å²) in [6.45, 7) is 10.3. The molecule has 1 rings (SSSR count). The van der Waals surface area contributed by atoms with Gasteiger partial charge in [-0.3, -0.25) is 4.79 Å². The number of phenols is 1. The van der Waals surface area contributed by atoms with Gasteiger partial charge in [-0.2, -0.15) is 0 Å². The summed E-state index contributed by atoms with van der Waals surface area (Å²) in [6, 6.07) is 4.00. The number of hydrogen-bond donors (Lipinski definition) is 2. The highest BCUT2D eigenvalue weighted by atomic mass is 19.1. The summed E-state index contributed by atoms with van der Waals surface area (Å²) >= 11 is 0. The zero-order valence-electron chi connectivity index (χ0n) is 12.9. The lowest BCUT2D eigenvalue weighted by Crippen LogP contribution is -2.46. The molecule has 0 saturated heterocycles. The highest BCUT2D eigenvalue weighted by Crippen LogP contribution is 2.26. The second-order valence-electron chi connectivity index (χ2n) is 7.13. The third-order valence-electron chi connectivity index (χ3n) is 2.83. The SMILES string of the molecule is CC(C)(C)CC(C)(C)NC(=O)Cc1ccc(O)c(F)c1. The van der Waals surface area contributed by atoms with Crippen molar-refractivity contribution in [2.45, 2.75) is 53.0 Å². The van der Waals surface area contributed by atoms with Crippen molar-refractivity contribution in [3.05, 3.63) is 29.6 Å². The summed E-state index contributed by atoms with van der Waals surface area (Å²) in [5.41, 5.74) is 0.344. The second kappa shape index (κ2) is 5.81. The van der Waals surface area contributed by atoms with E-state index < -0.39 is 11.6 Å². The lowest BCUT2D eigenvalue weighted by Gasteiger charge is -2.33. The number of hydrogen-bond acceptors (Lipinski definition) is 2. The lowest BCUT2D eigenvalue weighted by molar-refractivity contribution is -0.122. The van der Waals surface area contributed by atoms with Gasteiger partial charge in [0.1, 0.15) is 0 Å². The molecule has 0 fully saturated rings. The fourth-order valence-electron chi connectivity index (χ4n) is 2.64. The molecule has 20 heavy (non-hydrogen) atoms. The highest BCUT2D eigenvalue weighted by molar-refractivity contribution is 5.79. The summed E-state index contributed by atoms with van der Waals surface area (Å²) in [4.78, 5) is 12.0. The fraction of sp³-hybridized carbons (Fsp3) is 0.562. The fourth-order valence-corrected chi connectivity index (χ4v) is 2.64. The Bertz CT molecular complexity index is 490. The van der Waals surface area contributed by atoms with Crippen molar-refractivity contribution < 1.29 is 14.3 Å². The van der Waals surface area contributed by atoms with Crippen LogP contribution in [0.2, 0.25) is 0 Å². The number of halogens is 1. The van der Waals surface area contributed by atoms with Crippen molar-refractivity contribution in [3.8, 4) is 5.75 Å². The number of nitrogens with one attached hydrogen (secondary N) is 1. The third kappa shape index (κ3) is 5.59. The minimum atomic E-state index is -0.704. The van der Waals surface area contributed by atoms with Gasteiger partial charge in [-0.15, -0.1) is 0 Å². The van der Waals surface area contributed by atoms with E-state index in [1.54, 1.807) is 6.07 Å². The number of aromatic hydroxyl groups is 1. The van der Waals surface area contributed by atoms with Gasteiger partial charge in [-0.25, -0.2) is 4.39 Å². The predicted octanol–water partition coefficient (Wildman–Crippen LogP) is 3.40. The van der Waals surface area contributed by atoms with Gasteiger partial charge in [-0.1, -0.05) is 26.8 Å². The van der Waals surface area contributed by atoms with Crippen LogP contribution in [-0.2, 0) is 11.2 Å². The molecule has 3 nitrogen and oxygen atoms in total. The van der Waals surface area contributed by atoms with Crippen LogP contribution in [0, 0.1) is 11.2 Å². The second-order valence-corrected chi connectivity index (χ2v) is 7.13. The van der Waals surface area contributed by atoms with E-state index in [4.69, 9.17) is 5.11 Å². The van der Waals surface area contributed by atoms with E-state index in [0.717, 1.165) is 6.42 Å². The first-order valence-electron chi connectivity index (χ1n) is 6.77. The molecular weight excluding hydrogens is 257 g/mol. The molecule has 0 heterocycles. The maximum Gasteiger partial charge on any atom is 0.224 e. The minimum absolute atomic E-state index is 0.102. The predicted molar refractivity (Wildman–Crippen MR) is 78.1 cm³/mol. The van der Waals surface area contributed by atoms with Crippen molar-refractivity contribution in [1.29, 1.82) is 0 Å². The van der Waals surface area contributed by atoms with Gasteiger partial charge >= 0.3 is 0 Å². The Morgan fingerprint density at radius 1 is 1.25 bits per heavy atom. The summed E-state index contributed by atoms with van der Waals surface area (Å²) < 4.78 is 13.2. The number of carbonyl (C=O) groups excluding carboxylic acids is 1. The first-order valence-corrected chi connectivity index (χ1v) is 6.77. The Morgan fingerprint density at radius 3 is 2.35 bits per heavy atom. The maximum absolute atomic E-state index is 13.2. The van der Waals surface area contributed by atoms with Crippen molar-refractivity contribution in [1.82, 2.24) is 5.32 Å². The molecule has 0 aliphatic rings. The van der Waals surface area contributed by atoms with Gasteiger partial charge in [-0.05, 0) is 43.4 Å². The molecule has 112 valence electrons. The lowest BCUT2D eigenvalue weighted by atomic mass is 9.81. The van der Waals surface area contributed by atoms with E-state index in [1.165, 1.54) is 12.1 Å². The largest absolute Gasteiger partial charge is 0.505 e. The molecule has 0 radical (unpaired) electrons. The van der Waals surface area contributed by atoms with Crippen LogP contribution >= 0.6 is 0 Å². The van der Waals surface area contributed by atoms with E-state index >= 15 is 0 Å². The Balaban J connectivity index is 2.65. The molecule has 0 spiro atoms.